The average molecular weight is 1010 g/mol. The second-order valence-electron chi connectivity index (χ2n) is 23.3. The van der Waals surface area contributed by atoms with Crippen molar-refractivity contribution < 1.29 is 4.42 Å². The minimum absolute atomic E-state index is 0.01000. The number of fused-ring (bicyclic) bond motifs is 11. The van der Waals surface area contributed by atoms with Gasteiger partial charge in [-0.2, -0.15) is 0 Å². The quantitative estimate of drug-likeness (QED) is 0.151. The highest BCUT2D eigenvalue weighted by Gasteiger charge is 2.50. The lowest BCUT2D eigenvalue weighted by atomic mass is 9.67. The molecule has 0 atom stereocenters. The van der Waals surface area contributed by atoms with Crippen LogP contribution in [0.5, 0.6) is 0 Å². The van der Waals surface area contributed by atoms with Crippen LogP contribution in [0.2, 0.25) is 0 Å². The summed E-state index contributed by atoms with van der Waals surface area (Å²) in [4.78, 5) is 4.98. The van der Waals surface area contributed by atoms with Gasteiger partial charge in [-0.3, -0.25) is 0 Å². The average Bonchev–Trinajstić information content (AvgIpc) is 3.24. The van der Waals surface area contributed by atoms with Gasteiger partial charge in [0.1, 0.15) is 11.2 Å². The van der Waals surface area contributed by atoms with E-state index < -0.39 is 5.41 Å². The Labute approximate surface area is 457 Å². The number of para-hydroxylation sites is 1. The molecule has 0 bridgehead atoms. The molecule has 0 saturated heterocycles. The van der Waals surface area contributed by atoms with Gasteiger partial charge in [0.25, 0.3) is 0 Å². The summed E-state index contributed by atoms with van der Waals surface area (Å²) < 4.78 is 7.52. The highest BCUT2D eigenvalue weighted by molar-refractivity contribution is 6.23. The summed E-state index contributed by atoms with van der Waals surface area (Å²) >= 11 is 0. The van der Waals surface area contributed by atoms with Crippen molar-refractivity contribution in [3.8, 4) is 11.1 Å². The Morgan fingerprint density at radius 2 is 0.744 bits per heavy atom. The van der Waals surface area contributed by atoms with Crippen LogP contribution in [-0.4, -0.2) is 0 Å². The molecule has 0 saturated carbocycles. The number of rotatable bonds is 8. The molecule has 0 radical (unpaired) electrons. The Morgan fingerprint density at radius 1 is 0.333 bits per heavy atom. The molecule has 0 amide bonds. The molecule has 1 aliphatic rings. The van der Waals surface area contributed by atoms with Crippen LogP contribution in [0.1, 0.15) is 74.9 Å². The molecule has 3 nitrogen and oxygen atoms in total. The largest absolute Gasteiger partial charge is 0.455 e. The molecule has 0 aliphatic heterocycles. The second kappa shape index (κ2) is 18.0. The molecule has 0 unspecified atom stereocenters. The van der Waals surface area contributed by atoms with Gasteiger partial charge in [0.15, 0.2) is 0 Å². The maximum atomic E-state index is 7.52. The Hall–Kier alpha value is -9.18. The van der Waals surface area contributed by atoms with E-state index in [1.54, 1.807) is 0 Å². The van der Waals surface area contributed by atoms with E-state index in [9.17, 15) is 0 Å². The van der Waals surface area contributed by atoms with Crippen molar-refractivity contribution in [2.45, 2.75) is 57.8 Å². The van der Waals surface area contributed by atoms with E-state index in [4.69, 9.17) is 4.42 Å². The number of hydrogen-bond acceptors (Lipinski definition) is 3. The van der Waals surface area contributed by atoms with Gasteiger partial charge < -0.3 is 14.2 Å². The zero-order valence-corrected chi connectivity index (χ0v) is 45.1. The summed E-state index contributed by atoms with van der Waals surface area (Å²) in [7, 11) is 0. The van der Waals surface area contributed by atoms with Crippen molar-refractivity contribution in [2.75, 3.05) is 9.80 Å². The van der Waals surface area contributed by atoms with Crippen LogP contribution >= 0.6 is 0 Å². The van der Waals surface area contributed by atoms with E-state index >= 15 is 0 Å². The van der Waals surface area contributed by atoms with Gasteiger partial charge in [-0.1, -0.05) is 230 Å². The van der Waals surface area contributed by atoms with Crippen LogP contribution in [0.3, 0.4) is 0 Å². The predicted octanol–water partition coefficient (Wildman–Crippen LogP) is 20.9. The molecule has 1 heterocycles. The molecule has 3 heteroatoms. The van der Waals surface area contributed by atoms with E-state index in [0.717, 1.165) is 72.4 Å². The fourth-order valence-electron chi connectivity index (χ4n) is 12.7. The first-order chi connectivity index (χ1) is 37.9. The van der Waals surface area contributed by atoms with Gasteiger partial charge in [0.2, 0.25) is 0 Å². The Balaban J connectivity index is 1.15. The third-order valence-corrected chi connectivity index (χ3v) is 16.6. The SMILES string of the molecule is CC(C)(C)c1ccc(N(c2ccc3ccccc3c2)c2cc3c(c4ccccc24)-c2c(cc(N(c4ccc(C(C)(C)C)cc4)c4ccc5ccccc5c4)c4c2oc2ccccc24)C3(c2ccccc2)c2ccccc2)cc1. The Kier molecular flexibility index (Phi) is 10.9. The van der Waals surface area contributed by atoms with Crippen LogP contribution in [0.4, 0.5) is 34.1 Å². The van der Waals surface area contributed by atoms with Gasteiger partial charge in [-0.05, 0) is 143 Å². The molecule has 12 aromatic carbocycles. The van der Waals surface area contributed by atoms with Crippen molar-refractivity contribution in [1.29, 1.82) is 0 Å². The van der Waals surface area contributed by atoms with E-state index in [1.165, 1.54) is 60.5 Å². The summed E-state index contributed by atoms with van der Waals surface area (Å²) in [6.45, 7) is 13.7. The van der Waals surface area contributed by atoms with Crippen LogP contribution in [0.25, 0.3) is 65.4 Å². The summed E-state index contributed by atoms with van der Waals surface area (Å²) in [5.41, 5.74) is 16.9. The van der Waals surface area contributed by atoms with E-state index in [-0.39, 0.29) is 10.8 Å². The fraction of sp³-hybridized carbons (Fsp3) is 0.120. The maximum absolute atomic E-state index is 7.52. The van der Waals surface area contributed by atoms with Gasteiger partial charge in [-0.15, -0.1) is 0 Å². The van der Waals surface area contributed by atoms with Gasteiger partial charge in [0.05, 0.1) is 22.2 Å². The third-order valence-electron chi connectivity index (χ3n) is 16.6. The molecule has 1 aromatic heterocycles. The predicted molar refractivity (Wildman–Crippen MR) is 330 cm³/mol. The van der Waals surface area contributed by atoms with Gasteiger partial charge in [-0.25, -0.2) is 0 Å². The van der Waals surface area contributed by atoms with Gasteiger partial charge in [0, 0.05) is 39.1 Å². The molecule has 0 spiro atoms. The molecule has 376 valence electrons. The fourth-order valence-corrected chi connectivity index (χ4v) is 12.7. The van der Waals surface area contributed by atoms with Crippen LogP contribution in [0.15, 0.2) is 259 Å². The lowest BCUT2D eigenvalue weighted by Gasteiger charge is -2.36. The number of furan rings is 1. The van der Waals surface area contributed by atoms with E-state index in [1.807, 2.05) is 0 Å². The molecule has 13 aromatic rings. The molecule has 1 aliphatic carbocycles. The molecular formula is C75H60N2O. The number of hydrogen-bond donors (Lipinski definition) is 0. The summed E-state index contributed by atoms with van der Waals surface area (Å²) in [6, 6.07) is 94.9. The zero-order valence-electron chi connectivity index (χ0n) is 45.1. The number of benzene rings is 12. The topological polar surface area (TPSA) is 19.6 Å². The standard InChI is InChI=1S/C75H60N2O/c1-73(2,3)53-35-41-57(42-36-53)76(59-39-33-49-21-13-15-23-51(49)45-59)66-47-64-69(62-30-18-17-29-61(62)66)71-65(75(64,55-25-9-7-10-26-55)56-27-11-8-12-28-56)48-67(70-63-31-19-20-32-68(63)78-72(70)71)77(58-43-37-54(38-44-58)74(4,5)6)60-40-34-50-22-14-16-24-52(50)46-60/h7-48H,1-6H3. The summed E-state index contributed by atoms with van der Waals surface area (Å²) in [5, 5.41) is 9.24. The molecule has 0 N–H and O–H groups in total. The highest BCUT2D eigenvalue weighted by Crippen LogP contribution is 2.63. The Morgan fingerprint density at radius 3 is 1.27 bits per heavy atom. The van der Waals surface area contributed by atoms with Crippen LogP contribution in [0, 0.1) is 0 Å². The van der Waals surface area contributed by atoms with Crippen molar-refractivity contribution in [3.63, 3.8) is 0 Å². The molecule has 0 fully saturated rings. The third kappa shape index (κ3) is 7.47. The molecule has 78 heavy (non-hydrogen) atoms. The normalized spacial score (nSPS) is 13.1. The van der Waals surface area contributed by atoms with Crippen molar-refractivity contribution in [1.82, 2.24) is 0 Å². The van der Waals surface area contributed by atoms with E-state index in [2.05, 4.69) is 306 Å². The van der Waals surface area contributed by atoms with Crippen molar-refractivity contribution in [2.24, 2.45) is 0 Å². The second-order valence-corrected chi connectivity index (χ2v) is 23.3. The Bertz CT molecular complexity index is 4400. The monoisotopic (exact) mass is 1000 g/mol. The first-order valence-electron chi connectivity index (χ1n) is 27.4. The summed E-state index contributed by atoms with van der Waals surface area (Å²) in [5.74, 6) is 0. The molecule has 14 rings (SSSR count). The smallest absolute Gasteiger partial charge is 0.145 e. The summed E-state index contributed by atoms with van der Waals surface area (Å²) in [6.07, 6.45) is 0. The van der Waals surface area contributed by atoms with Crippen LogP contribution in [-0.2, 0) is 16.2 Å². The molecular weight excluding hydrogens is 945 g/mol. The minimum atomic E-state index is -0.829. The van der Waals surface area contributed by atoms with Crippen molar-refractivity contribution in [3.05, 3.63) is 288 Å². The zero-order chi connectivity index (χ0) is 52.9. The first kappa shape index (κ1) is 47.3. The van der Waals surface area contributed by atoms with Crippen molar-refractivity contribution >= 4 is 88.4 Å². The lowest BCUT2D eigenvalue weighted by molar-refractivity contribution is 0.590. The first-order valence-corrected chi connectivity index (χ1v) is 27.4. The maximum Gasteiger partial charge on any atom is 0.145 e. The highest BCUT2D eigenvalue weighted by atomic mass is 16.3. The number of nitrogens with zero attached hydrogens (tertiary/aromatic N) is 2. The minimum Gasteiger partial charge on any atom is -0.455 e. The van der Waals surface area contributed by atoms with Crippen LogP contribution < -0.4 is 9.80 Å². The van der Waals surface area contributed by atoms with Gasteiger partial charge >= 0.3 is 0 Å². The number of anilines is 6. The lowest BCUT2D eigenvalue weighted by Crippen LogP contribution is -2.29. The van der Waals surface area contributed by atoms with E-state index in [0.29, 0.717) is 0 Å².